The number of fused-ring (bicyclic) bond motifs is 1. The molecule has 0 spiro atoms. The van der Waals surface area contributed by atoms with Gasteiger partial charge in [0.05, 0.1) is 20.0 Å². The van der Waals surface area contributed by atoms with Gasteiger partial charge in [0.1, 0.15) is 30.3 Å². The summed E-state index contributed by atoms with van der Waals surface area (Å²) in [5.41, 5.74) is -1.58. The van der Waals surface area contributed by atoms with E-state index < -0.39 is 50.5 Å². The predicted octanol–water partition coefficient (Wildman–Crippen LogP) is 2.99. The van der Waals surface area contributed by atoms with E-state index in [1.807, 2.05) is 6.92 Å². The number of alkyl halides is 1. The van der Waals surface area contributed by atoms with Gasteiger partial charge in [0.25, 0.3) is 0 Å². The lowest BCUT2D eigenvalue weighted by atomic mass is 9.98. The van der Waals surface area contributed by atoms with Crippen LogP contribution in [0.4, 0.5) is 10.2 Å². The number of imidazole rings is 1. The molecule has 6 atom stereocenters. The number of halogens is 1. The molecule has 15 heteroatoms. The molecular weight excluding hydrogens is 534 g/mol. The minimum absolute atomic E-state index is 0.198. The molecule has 3 heterocycles. The van der Waals surface area contributed by atoms with Gasteiger partial charge >= 0.3 is 13.7 Å². The van der Waals surface area contributed by atoms with Gasteiger partial charge < -0.3 is 24.4 Å². The third-order valence-electron chi connectivity index (χ3n) is 6.15. The first-order valence-corrected chi connectivity index (χ1v) is 13.9. The Morgan fingerprint density at radius 2 is 2.05 bits per heavy atom. The van der Waals surface area contributed by atoms with E-state index in [1.54, 1.807) is 30.3 Å². The molecule has 4 rings (SSSR count). The second kappa shape index (κ2) is 11.9. The third-order valence-corrected chi connectivity index (χ3v) is 7.80. The van der Waals surface area contributed by atoms with Crippen molar-refractivity contribution in [1.29, 1.82) is 0 Å². The molecule has 2 aromatic heterocycles. The second-order valence-corrected chi connectivity index (χ2v) is 10.9. The number of nitrogens with one attached hydrogen (secondary N) is 2. The SMILES string of the molecule is CCCNc1ncnc2c1ncn2[C@@H]1O[C@H](COP(=O)(N[C@@H](C)C(=O)OC)Oc2ccccc2)[C@@H](O)C1(C)F. The van der Waals surface area contributed by atoms with Crippen LogP contribution in [0.15, 0.2) is 43.0 Å². The summed E-state index contributed by atoms with van der Waals surface area (Å²) in [6.45, 7) is 4.73. The molecule has 0 amide bonds. The molecule has 1 fully saturated rings. The summed E-state index contributed by atoms with van der Waals surface area (Å²) in [5.74, 6) is -0.0150. The van der Waals surface area contributed by atoms with Crippen molar-refractivity contribution in [3.63, 3.8) is 0 Å². The highest BCUT2D eigenvalue weighted by Crippen LogP contribution is 2.48. The Balaban J connectivity index is 1.55. The van der Waals surface area contributed by atoms with Crippen LogP contribution in [0.3, 0.4) is 0 Å². The number of nitrogens with zero attached hydrogens (tertiary/aromatic N) is 4. The number of para-hydroxylation sites is 1. The van der Waals surface area contributed by atoms with Gasteiger partial charge in [-0.25, -0.2) is 23.9 Å². The number of esters is 1. The van der Waals surface area contributed by atoms with E-state index in [1.165, 1.54) is 38.2 Å². The number of aliphatic hydroxyl groups excluding tert-OH is 1. The summed E-state index contributed by atoms with van der Waals surface area (Å²) in [5, 5.41) is 16.5. The Morgan fingerprint density at radius 1 is 1.31 bits per heavy atom. The number of aromatic nitrogens is 4. The van der Waals surface area contributed by atoms with E-state index in [0.717, 1.165) is 6.42 Å². The molecule has 1 aromatic carbocycles. The number of aliphatic hydroxyl groups is 1. The van der Waals surface area contributed by atoms with E-state index in [-0.39, 0.29) is 5.75 Å². The number of hydrogen-bond donors (Lipinski definition) is 3. The largest absolute Gasteiger partial charge is 0.468 e. The van der Waals surface area contributed by atoms with Crippen molar-refractivity contribution < 1.29 is 37.4 Å². The zero-order valence-corrected chi connectivity index (χ0v) is 22.9. The van der Waals surface area contributed by atoms with Gasteiger partial charge in [-0.2, -0.15) is 5.09 Å². The minimum Gasteiger partial charge on any atom is -0.468 e. The van der Waals surface area contributed by atoms with E-state index in [4.69, 9.17) is 13.8 Å². The van der Waals surface area contributed by atoms with Crippen molar-refractivity contribution >= 4 is 30.7 Å². The maximum Gasteiger partial charge on any atom is 0.459 e. The zero-order valence-electron chi connectivity index (χ0n) is 22.0. The number of methoxy groups -OCH3 is 1. The van der Waals surface area contributed by atoms with Crippen molar-refractivity contribution in [2.24, 2.45) is 0 Å². The van der Waals surface area contributed by atoms with Crippen molar-refractivity contribution in [1.82, 2.24) is 24.6 Å². The molecule has 0 bridgehead atoms. The van der Waals surface area contributed by atoms with E-state index in [9.17, 15) is 14.5 Å². The van der Waals surface area contributed by atoms with Crippen LogP contribution in [0.5, 0.6) is 5.75 Å². The summed E-state index contributed by atoms with van der Waals surface area (Å²) < 4.78 is 52.6. The summed E-state index contributed by atoms with van der Waals surface area (Å²) >= 11 is 0. The molecule has 0 radical (unpaired) electrons. The van der Waals surface area contributed by atoms with Gasteiger partial charge in [-0.3, -0.25) is 13.9 Å². The van der Waals surface area contributed by atoms with Gasteiger partial charge in [0.2, 0.25) is 0 Å². The van der Waals surface area contributed by atoms with E-state index in [2.05, 4.69) is 30.1 Å². The first-order valence-electron chi connectivity index (χ1n) is 12.4. The summed E-state index contributed by atoms with van der Waals surface area (Å²) in [4.78, 5) is 24.7. The highest BCUT2D eigenvalue weighted by Gasteiger charge is 2.56. The Kier molecular flexibility index (Phi) is 8.82. The molecule has 1 aliphatic rings. The molecule has 212 valence electrons. The summed E-state index contributed by atoms with van der Waals surface area (Å²) in [7, 11) is -3.05. The van der Waals surface area contributed by atoms with Crippen molar-refractivity contribution in [2.45, 2.75) is 57.3 Å². The molecule has 3 aromatic rings. The fourth-order valence-corrected chi connectivity index (χ4v) is 5.60. The zero-order chi connectivity index (χ0) is 28.2. The molecule has 3 N–H and O–H groups in total. The van der Waals surface area contributed by atoms with Crippen LogP contribution in [0.25, 0.3) is 11.2 Å². The molecule has 0 aliphatic carbocycles. The second-order valence-electron chi connectivity index (χ2n) is 9.17. The average molecular weight is 567 g/mol. The smallest absolute Gasteiger partial charge is 0.459 e. The maximum absolute atomic E-state index is 15.9. The van der Waals surface area contributed by atoms with Gasteiger partial charge in [0.15, 0.2) is 28.9 Å². The topological polar surface area (TPSA) is 159 Å². The Morgan fingerprint density at radius 3 is 2.74 bits per heavy atom. The Bertz CT molecular complexity index is 1330. The van der Waals surface area contributed by atoms with Crippen LogP contribution in [0, 0.1) is 0 Å². The lowest BCUT2D eigenvalue weighted by Crippen LogP contribution is -2.41. The lowest BCUT2D eigenvalue weighted by Gasteiger charge is -2.25. The standard InChI is InChI=1S/C24H32FN6O7P/c1-5-11-26-20-18-21(28-13-27-20)31(14-29-18)23-24(3,25)19(32)17(37-23)12-36-39(34,30-15(2)22(33)35-4)38-16-9-7-6-8-10-16/h6-10,13-15,17,19,23,32H,5,11-12H2,1-4H3,(H,30,34)(H,26,27,28)/t15-,17+,19+,23+,24?,39?/m0/s1. The Labute approximate surface area is 224 Å². The van der Waals surface area contributed by atoms with Crippen molar-refractivity contribution in [3.8, 4) is 5.75 Å². The predicted molar refractivity (Wildman–Crippen MR) is 139 cm³/mol. The van der Waals surface area contributed by atoms with Crippen LogP contribution >= 0.6 is 7.75 Å². The minimum atomic E-state index is -4.23. The lowest BCUT2D eigenvalue weighted by molar-refractivity contribution is -0.142. The number of carbonyl (C=O) groups is 1. The summed E-state index contributed by atoms with van der Waals surface area (Å²) in [6, 6.07) is 7.09. The molecule has 0 saturated carbocycles. The quantitative estimate of drug-likeness (QED) is 0.218. The number of ether oxygens (including phenoxy) is 2. The summed E-state index contributed by atoms with van der Waals surface area (Å²) in [6.07, 6.45) is -0.730. The van der Waals surface area contributed by atoms with E-state index in [0.29, 0.717) is 23.5 Å². The van der Waals surface area contributed by atoms with Crippen LogP contribution in [0.1, 0.15) is 33.4 Å². The number of benzene rings is 1. The number of carbonyl (C=O) groups excluding carboxylic acids is 1. The third kappa shape index (κ3) is 6.20. The van der Waals surface area contributed by atoms with Gasteiger partial charge in [-0.05, 0) is 32.4 Å². The monoisotopic (exact) mass is 566 g/mol. The van der Waals surface area contributed by atoms with Crippen molar-refractivity contribution in [2.75, 3.05) is 25.6 Å². The average Bonchev–Trinajstić information content (AvgIpc) is 3.44. The van der Waals surface area contributed by atoms with Crippen LogP contribution in [-0.2, 0) is 23.4 Å². The highest BCUT2D eigenvalue weighted by molar-refractivity contribution is 7.52. The molecule has 1 saturated heterocycles. The van der Waals surface area contributed by atoms with Crippen LogP contribution < -0.4 is 14.9 Å². The molecule has 39 heavy (non-hydrogen) atoms. The number of hydrogen-bond acceptors (Lipinski definition) is 11. The maximum atomic E-state index is 15.9. The normalized spacial score (nSPS) is 25.2. The molecule has 1 aliphatic heterocycles. The Hall–Kier alpha value is -3.16. The van der Waals surface area contributed by atoms with Crippen molar-refractivity contribution in [3.05, 3.63) is 43.0 Å². The fraction of sp³-hybridized carbons (Fsp3) is 0.500. The van der Waals surface area contributed by atoms with Gasteiger partial charge in [0, 0.05) is 6.54 Å². The van der Waals surface area contributed by atoms with E-state index >= 15 is 4.39 Å². The number of rotatable bonds is 12. The van der Waals surface area contributed by atoms with Crippen LogP contribution in [0.2, 0.25) is 0 Å². The van der Waals surface area contributed by atoms with Crippen LogP contribution in [-0.4, -0.2) is 74.8 Å². The molecule has 13 nitrogen and oxygen atoms in total. The van der Waals surface area contributed by atoms with Gasteiger partial charge in [-0.1, -0.05) is 25.1 Å². The fourth-order valence-electron chi connectivity index (χ4n) is 4.10. The first-order chi connectivity index (χ1) is 18.6. The first kappa shape index (κ1) is 28.8. The molecule has 2 unspecified atom stereocenters. The number of anilines is 1. The highest BCUT2D eigenvalue weighted by atomic mass is 31.2. The van der Waals surface area contributed by atoms with Gasteiger partial charge in [-0.15, -0.1) is 0 Å². The molecular formula is C24H32FN6O7P.